The van der Waals surface area contributed by atoms with Gasteiger partial charge in [-0.25, -0.2) is 4.68 Å². The van der Waals surface area contributed by atoms with Gasteiger partial charge in [0.15, 0.2) is 5.69 Å². The molecule has 1 aliphatic carbocycles. The summed E-state index contributed by atoms with van der Waals surface area (Å²) >= 11 is 0. The molecule has 5 nitrogen and oxygen atoms in total. The molecule has 152 valence electrons. The third-order valence-electron chi connectivity index (χ3n) is 6.93. The van der Waals surface area contributed by atoms with Gasteiger partial charge in [-0.1, -0.05) is 36.4 Å². The third kappa shape index (κ3) is 2.80. The molecular weight excluding hydrogens is 372 g/mol. The van der Waals surface area contributed by atoms with Crippen molar-refractivity contribution in [1.82, 2.24) is 14.7 Å². The quantitative estimate of drug-likeness (QED) is 0.656. The molecule has 1 fully saturated rings. The van der Waals surface area contributed by atoms with E-state index in [9.17, 15) is 4.79 Å². The highest BCUT2D eigenvalue weighted by Gasteiger charge is 2.36. The number of para-hydroxylation sites is 2. The summed E-state index contributed by atoms with van der Waals surface area (Å²) in [7, 11) is 0. The Morgan fingerprint density at radius 2 is 1.80 bits per heavy atom. The number of amides is 1. The second kappa shape index (κ2) is 7.10. The van der Waals surface area contributed by atoms with Gasteiger partial charge in [-0.05, 0) is 62.4 Å². The number of hydrogen-bond acceptors (Lipinski definition) is 3. The van der Waals surface area contributed by atoms with Crippen molar-refractivity contribution in [2.45, 2.75) is 44.7 Å². The predicted octanol–water partition coefficient (Wildman–Crippen LogP) is 3.99. The van der Waals surface area contributed by atoms with Crippen LogP contribution in [0.5, 0.6) is 0 Å². The second-order valence-electron chi connectivity index (χ2n) is 8.69. The number of anilines is 1. The molecule has 3 heterocycles. The summed E-state index contributed by atoms with van der Waals surface area (Å²) in [5.41, 5.74) is 6.33. The van der Waals surface area contributed by atoms with Crippen LogP contribution in [-0.4, -0.2) is 39.7 Å². The SMILES string of the molecule is O=C(c1nn(-c2ccccc2)c2c1CCC2)N1CC2CCCN2Cc2ccccc21. The molecule has 3 aromatic rings. The van der Waals surface area contributed by atoms with Crippen LogP contribution in [0, 0.1) is 0 Å². The number of rotatable bonds is 2. The molecule has 0 radical (unpaired) electrons. The summed E-state index contributed by atoms with van der Waals surface area (Å²) in [6.07, 6.45) is 5.39. The lowest BCUT2D eigenvalue weighted by atomic mass is 10.1. The van der Waals surface area contributed by atoms with Gasteiger partial charge in [0, 0.05) is 36.1 Å². The van der Waals surface area contributed by atoms with Gasteiger partial charge in [0.1, 0.15) is 0 Å². The highest BCUT2D eigenvalue weighted by atomic mass is 16.2. The monoisotopic (exact) mass is 398 g/mol. The molecule has 3 aliphatic rings. The van der Waals surface area contributed by atoms with Crippen LogP contribution < -0.4 is 4.90 Å². The number of fused-ring (bicyclic) bond motifs is 3. The Kier molecular flexibility index (Phi) is 4.23. The van der Waals surface area contributed by atoms with E-state index >= 15 is 0 Å². The van der Waals surface area contributed by atoms with Gasteiger partial charge in [0.25, 0.3) is 5.91 Å². The molecule has 0 bridgehead atoms. The number of nitrogens with zero attached hydrogens (tertiary/aromatic N) is 4. The van der Waals surface area contributed by atoms with E-state index < -0.39 is 0 Å². The summed E-state index contributed by atoms with van der Waals surface area (Å²) in [5.74, 6) is 0.0593. The maximum atomic E-state index is 13.9. The minimum atomic E-state index is 0.0593. The number of hydrogen-bond donors (Lipinski definition) is 0. The fourth-order valence-electron chi connectivity index (χ4n) is 5.46. The molecule has 0 spiro atoms. The first-order valence-electron chi connectivity index (χ1n) is 11.1. The summed E-state index contributed by atoms with van der Waals surface area (Å²) in [5, 5.41) is 4.88. The summed E-state index contributed by atoms with van der Waals surface area (Å²) < 4.78 is 2.00. The van der Waals surface area contributed by atoms with Crippen molar-refractivity contribution < 1.29 is 4.79 Å². The topological polar surface area (TPSA) is 41.4 Å². The highest BCUT2D eigenvalue weighted by molar-refractivity contribution is 6.06. The zero-order valence-corrected chi connectivity index (χ0v) is 17.1. The molecular formula is C25H26N4O. The van der Waals surface area contributed by atoms with Gasteiger partial charge in [-0.2, -0.15) is 5.10 Å². The van der Waals surface area contributed by atoms with Crippen LogP contribution >= 0.6 is 0 Å². The van der Waals surface area contributed by atoms with Crippen molar-refractivity contribution in [3.05, 3.63) is 77.1 Å². The Morgan fingerprint density at radius 3 is 2.70 bits per heavy atom. The lowest BCUT2D eigenvalue weighted by Crippen LogP contribution is -2.41. The maximum absolute atomic E-state index is 13.9. The molecule has 1 atom stereocenters. The van der Waals surface area contributed by atoms with Gasteiger partial charge in [-0.15, -0.1) is 0 Å². The Morgan fingerprint density at radius 1 is 0.967 bits per heavy atom. The first-order chi connectivity index (χ1) is 14.8. The molecule has 5 heteroatoms. The highest BCUT2D eigenvalue weighted by Crippen LogP contribution is 2.34. The zero-order chi connectivity index (χ0) is 20.1. The van der Waals surface area contributed by atoms with Crippen LogP contribution in [0.1, 0.15) is 46.6 Å². The third-order valence-corrected chi connectivity index (χ3v) is 6.93. The van der Waals surface area contributed by atoms with E-state index in [1.807, 2.05) is 33.8 Å². The molecule has 1 aromatic heterocycles. The fraction of sp³-hybridized carbons (Fsp3) is 0.360. The normalized spacial score (nSPS) is 20.5. The van der Waals surface area contributed by atoms with Gasteiger partial charge in [0.05, 0.1) is 5.69 Å². The smallest absolute Gasteiger partial charge is 0.279 e. The lowest BCUT2D eigenvalue weighted by molar-refractivity contribution is 0.0975. The largest absolute Gasteiger partial charge is 0.305 e. The Balaban J connectivity index is 1.44. The van der Waals surface area contributed by atoms with Crippen molar-refractivity contribution in [3.8, 4) is 5.69 Å². The zero-order valence-electron chi connectivity index (χ0n) is 17.1. The Labute approximate surface area is 176 Å². The molecule has 1 unspecified atom stereocenters. The van der Waals surface area contributed by atoms with Gasteiger partial charge in [0.2, 0.25) is 0 Å². The number of carbonyl (C=O) groups excluding carboxylic acids is 1. The van der Waals surface area contributed by atoms with Crippen molar-refractivity contribution in [2.24, 2.45) is 0 Å². The van der Waals surface area contributed by atoms with E-state index in [-0.39, 0.29) is 5.91 Å². The van der Waals surface area contributed by atoms with Gasteiger partial charge in [-0.3, -0.25) is 9.69 Å². The molecule has 2 aromatic carbocycles. The van der Waals surface area contributed by atoms with E-state index in [2.05, 4.69) is 35.2 Å². The Hall–Kier alpha value is -2.92. The average Bonchev–Trinajstić information content (AvgIpc) is 3.48. The van der Waals surface area contributed by atoms with Crippen molar-refractivity contribution in [3.63, 3.8) is 0 Å². The molecule has 1 saturated heterocycles. The number of carbonyl (C=O) groups is 1. The van der Waals surface area contributed by atoms with Crippen molar-refractivity contribution in [1.29, 1.82) is 0 Å². The second-order valence-corrected chi connectivity index (χ2v) is 8.69. The van der Waals surface area contributed by atoms with Crippen LogP contribution in [0.4, 0.5) is 5.69 Å². The number of aromatic nitrogens is 2. The fourth-order valence-corrected chi connectivity index (χ4v) is 5.46. The predicted molar refractivity (Wildman–Crippen MR) is 117 cm³/mol. The molecule has 0 saturated carbocycles. The van der Waals surface area contributed by atoms with Crippen molar-refractivity contribution in [2.75, 3.05) is 18.0 Å². The molecule has 2 aliphatic heterocycles. The maximum Gasteiger partial charge on any atom is 0.279 e. The average molecular weight is 399 g/mol. The van der Waals surface area contributed by atoms with Gasteiger partial charge >= 0.3 is 0 Å². The van der Waals surface area contributed by atoms with E-state index in [0.717, 1.165) is 62.3 Å². The molecule has 30 heavy (non-hydrogen) atoms. The van der Waals surface area contributed by atoms with Crippen LogP contribution in [-0.2, 0) is 19.4 Å². The van der Waals surface area contributed by atoms with Crippen LogP contribution in [0.25, 0.3) is 5.69 Å². The Bertz CT molecular complexity index is 1100. The number of benzene rings is 2. The van der Waals surface area contributed by atoms with E-state index in [0.29, 0.717) is 11.7 Å². The first-order valence-corrected chi connectivity index (χ1v) is 11.1. The van der Waals surface area contributed by atoms with Crippen LogP contribution in [0.2, 0.25) is 0 Å². The summed E-state index contributed by atoms with van der Waals surface area (Å²) in [6, 6.07) is 19.0. The minimum absolute atomic E-state index is 0.0593. The first kappa shape index (κ1) is 17.9. The molecule has 6 rings (SSSR count). The van der Waals surface area contributed by atoms with E-state index in [1.54, 1.807) is 0 Å². The molecule has 0 N–H and O–H groups in total. The van der Waals surface area contributed by atoms with Crippen molar-refractivity contribution >= 4 is 11.6 Å². The molecule has 1 amide bonds. The van der Waals surface area contributed by atoms with Crippen LogP contribution in [0.3, 0.4) is 0 Å². The van der Waals surface area contributed by atoms with Gasteiger partial charge < -0.3 is 4.90 Å². The minimum Gasteiger partial charge on any atom is -0.305 e. The van der Waals surface area contributed by atoms with E-state index in [4.69, 9.17) is 5.10 Å². The standard InChI is InChI=1S/C25H26N4O/c30-25(24-21-12-6-14-23(21)29(26-24)19-9-2-1-3-10-19)28-17-20-11-7-15-27(20)16-18-8-4-5-13-22(18)28/h1-5,8-10,13,20H,6-7,11-12,14-17H2. The van der Waals surface area contributed by atoms with E-state index in [1.165, 1.54) is 17.7 Å². The summed E-state index contributed by atoms with van der Waals surface area (Å²) in [4.78, 5) is 18.5. The summed E-state index contributed by atoms with van der Waals surface area (Å²) in [6.45, 7) is 2.81. The van der Waals surface area contributed by atoms with Crippen LogP contribution in [0.15, 0.2) is 54.6 Å². The lowest BCUT2D eigenvalue weighted by Gasteiger charge is -2.26.